The van der Waals surface area contributed by atoms with Crippen LogP contribution in [0.5, 0.6) is 0 Å². The van der Waals surface area contributed by atoms with Crippen molar-refractivity contribution in [2.45, 2.75) is 27.7 Å². The first-order chi connectivity index (χ1) is 8.68. The zero-order valence-electron chi connectivity index (χ0n) is 11.9. The summed E-state index contributed by atoms with van der Waals surface area (Å²) in [6.07, 6.45) is 1.53. The van der Waals surface area contributed by atoms with Gasteiger partial charge in [-0.1, -0.05) is 27.7 Å². The van der Waals surface area contributed by atoms with Crippen LogP contribution in [0, 0.1) is 16.7 Å². The molecule has 2 rings (SSSR count). The first-order valence-electron chi connectivity index (χ1n) is 6.47. The largest absolute Gasteiger partial charge is 0.397 e. The molecule has 0 unspecified atom stereocenters. The molecule has 0 bridgehead atoms. The molecule has 1 aromatic rings. The third kappa shape index (κ3) is 2.13. The number of carbonyl (C=O) groups excluding carboxylic acids is 1. The second kappa shape index (κ2) is 4.11. The van der Waals surface area contributed by atoms with Gasteiger partial charge in [-0.3, -0.25) is 4.79 Å². The number of nitrogen functional groups attached to an aromatic ring is 1. The summed E-state index contributed by atoms with van der Waals surface area (Å²) in [6, 6.07) is 1.56. The molecular weight excluding hydrogens is 240 g/mol. The first-order valence-corrected chi connectivity index (χ1v) is 6.47. The number of aromatic nitrogens is 1. The molecule has 104 valence electrons. The van der Waals surface area contributed by atoms with Gasteiger partial charge in [-0.25, -0.2) is 4.98 Å². The van der Waals surface area contributed by atoms with Crippen LogP contribution in [0.25, 0.3) is 0 Å². The van der Waals surface area contributed by atoms with E-state index in [2.05, 4.69) is 38.0 Å². The third-order valence-corrected chi connectivity index (χ3v) is 4.97. The Morgan fingerprint density at radius 2 is 1.95 bits per heavy atom. The minimum absolute atomic E-state index is 0.292. The summed E-state index contributed by atoms with van der Waals surface area (Å²) in [5.41, 5.74) is 12.3. The van der Waals surface area contributed by atoms with Gasteiger partial charge in [0.25, 0.3) is 5.91 Å². The van der Waals surface area contributed by atoms with Crippen LogP contribution >= 0.6 is 0 Å². The number of anilines is 2. The Bertz CT molecular complexity index is 508. The van der Waals surface area contributed by atoms with Crippen molar-refractivity contribution >= 4 is 17.4 Å². The van der Waals surface area contributed by atoms with Crippen molar-refractivity contribution in [3.05, 3.63) is 17.8 Å². The Morgan fingerprint density at radius 3 is 2.42 bits per heavy atom. The van der Waals surface area contributed by atoms with Gasteiger partial charge in [-0.05, 0) is 22.8 Å². The number of primary amides is 1. The van der Waals surface area contributed by atoms with Crippen LogP contribution in [0.2, 0.25) is 0 Å². The standard InChI is InChI=1S/C14H22N4O/c1-13(2)10(14(13,3)4)7-18-12-9(11(16)19)5-8(15)6-17-12/h5-6,10H,7,15H2,1-4H3,(H2,16,19)(H,17,18). The van der Waals surface area contributed by atoms with E-state index in [-0.39, 0.29) is 0 Å². The van der Waals surface area contributed by atoms with Crippen LogP contribution in [0.3, 0.4) is 0 Å². The van der Waals surface area contributed by atoms with Gasteiger partial charge in [-0.15, -0.1) is 0 Å². The zero-order chi connectivity index (χ0) is 14.4. The lowest BCUT2D eigenvalue weighted by atomic mass is 10.0. The fourth-order valence-electron chi connectivity index (χ4n) is 2.85. The SMILES string of the molecule is CC1(C)C(CNc2ncc(N)cc2C(N)=O)C1(C)C. The van der Waals surface area contributed by atoms with E-state index in [1.165, 1.54) is 6.20 Å². The first kappa shape index (κ1) is 13.6. The molecule has 1 aromatic heterocycles. The maximum atomic E-state index is 11.4. The number of hydrogen-bond acceptors (Lipinski definition) is 4. The highest BCUT2D eigenvalue weighted by Crippen LogP contribution is 2.68. The normalized spacial score (nSPS) is 20.0. The number of nitrogens with two attached hydrogens (primary N) is 2. The minimum atomic E-state index is -0.517. The fourth-order valence-corrected chi connectivity index (χ4v) is 2.85. The van der Waals surface area contributed by atoms with Crippen LogP contribution in [0.1, 0.15) is 38.1 Å². The minimum Gasteiger partial charge on any atom is -0.397 e. The predicted molar refractivity (Wildman–Crippen MR) is 76.7 cm³/mol. The Kier molecular flexibility index (Phi) is 2.96. The lowest BCUT2D eigenvalue weighted by Gasteiger charge is -2.10. The third-order valence-electron chi connectivity index (χ3n) is 4.97. The van der Waals surface area contributed by atoms with E-state index >= 15 is 0 Å². The highest BCUT2D eigenvalue weighted by molar-refractivity contribution is 5.98. The van der Waals surface area contributed by atoms with Crippen molar-refractivity contribution in [3.63, 3.8) is 0 Å². The Morgan fingerprint density at radius 1 is 1.37 bits per heavy atom. The summed E-state index contributed by atoms with van der Waals surface area (Å²) >= 11 is 0. The van der Waals surface area contributed by atoms with Gasteiger partial charge in [0.15, 0.2) is 0 Å². The molecule has 1 amide bonds. The van der Waals surface area contributed by atoms with E-state index in [1.807, 2.05) is 0 Å². The number of rotatable bonds is 4. The van der Waals surface area contributed by atoms with Gasteiger partial charge < -0.3 is 16.8 Å². The van der Waals surface area contributed by atoms with Crippen molar-refractivity contribution in [1.29, 1.82) is 0 Å². The maximum Gasteiger partial charge on any atom is 0.252 e. The molecule has 0 radical (unpaired) electrons. The number of nitrogens with zero attached hydrogens (tertiary/aromatic N) is 1. The maximum absolute atomic E-state index is 11.4. The van der Waals surface area contributed by atoms with E-state index in [0.717, 1.165) is 6.54 Å². The second-order valence-electron chi connectivity index (χ2n) is 6.41. The molecule has 1 fully saturated rings. The number of amides is 1. The molecule has 0 saturated heterocycles. The lowest BCUT2D eigenvalue weighted by Crippen LogP contribution is -2.18. The Balaban J connectivity index is 2.11. The smallest absolute Gasteiger partial charge is 0.252 e. The monoisotopic (exact) mass is 262 g/mol. The van der Waals surface area contributed by atoms with E-state index in [1.54, 1.807) is 6.07 Å². The van der Waals surface area contributed by atoms with Crippen molar-refractivity contribution in [1.82, 2.24) is 4.98 Å². The van der Waals surface area contributed by atoms with Crippen LogP contribution in [-0.4, -0.2) is 17.4 Å². The molecule has 0 atom stereocenters. The summed E-state index contributed by atoms with van der Waals surface area (Å²) < 4.78 is 0. The number of nitrogens with one attached hydrogen (secondary N) is 1. The molecule has 5 heteroatoms. The Labute approximate surface area is 113 Å². The van der Waals surface area contributed by atoms with E-state index in [0.29, 0.717) is 33.8 Å². The van der Waals surface area contributed by atoms with Gasteiger partial charge in [0, 0.05) is 6.54 Å². The van der Waals surface area contributed by atoms with E-state index < -0.39 is 5.91 Å². The van der Waals surface area contributed by atoms with Gasteiger partial charge in [0.2, 0.25) is 0 Å². The quantitative estimate of drug-likeness (QED) is 0.772. The van der Waals surface area contributed by atoms with E-state index in [9.17, 15) is 4.79 Å². The fraction of sp³-hybridized carbons (Fsp3) is 0.571. The summed E-state index contributed by atoms with van der Waals surface area (Å²) in [4.78, 5) is 15.5. The topological polar surface area (TPSA) is 94.0 Å². The van der Waals surface area contributed by atoms with Crippen LogP contribution in [0.4, 0.5) is 11.5 Å². The van der Waals surface area contributed by atoms with Crippen LogP contribution in [-0.2, 0) is 0 Å². The zero-order valence-corrected chi connectivity index (χ0v) is 11.9. The molecule has 0 aliphatic heterocycles. The lowest BCUT2D eigenvalue weighted by molar-refractivity contribution is 0.100. The van der Waals surface area contributed by atoms with Gasteiger partial charge in [-0.2, -0.15) is 0 Å². The van der Waals surface area contributed by atoms with Crippen molar-refractivity contribution in [2.24, 2.45) is 22.5 Å². The number of carbonyl (C=O) groups is 1. The molecule has 1 aliphatic rings. The molecule has 5 nitrogen and oxygen atoms in total. The summed E-state index contributed by atoms with van der Waals surface area (Å²) in [5.74, 6) is 0.539. The summed E-state index contributed by atoms with van der Waals surface area (Å²) in [6.45, 7) is 9.79. The van der Waals surface area contributed by atoms with Crippen molar-refractivity contribution < 1.29 is 4.79 Å². The van der Waals surface area contributed by atoms with Gasteiger partial charge >= 0.3 is 0 Å². The molecule has 1 aliphatic carbocycles. The van der Waals surface area contributed by atoms with Gasteiger partial charge in [0.05, 0.1) is 17.4 Å². The van der Waals surface area contributed by atoms with Crippen molar-refractivity contribution in [3.8, 4) is 0 Å². The highest BCUT2D eigenvalue weighted by Gasteiger charge is 2.64. The molecule has 1 heterocycles. The number of hydrogen-bond donors (Lipinski definition) is 3. The summed E-state index contributed by atoms with van der Waals surface area (Å²) in [5, 5.41) is 3.23. The van der Waals surface area contributed by atoms with Crippen LogP contribution < -0.4 is 16.8 Å². The molecule has 5 N–H and O–H groups in total. The predicted octanol–water partition coefficient (Wildman–Crippen LogP) is 1.86. The second-order valence-corrected chi connectivity index (χ2v) is 6.41. The van der Waals surface area contributed by atoms with Gasteiger partial charge in [0.1, 0.15) is 5.82 Å². The molecule has 0 spiro atoms. The molecule has 0 aromatic carbocycles. The summed E-state index contributed by atoms with van der Waals surface area (Å²) in [7, 11) is 0. The molecular formula is C14H22N4O. The highest BCUT2D eigenvalue weighted by atomic mass is 16.1. The number of pyridine rings is 1. The van der Waals surface area contributed by atoms with E-state index in [4.69, 9.17) is 11.5 Å². The van der Waals surface area contributed by atoms with Crippen LogP contribution in [0.15, 0.2) is 12.3 Å². The Hall–Kier alpha value is -1.78. The molecule has 19 heavy (non-hydrogen) atoms. The average Bonchev–Trinajstić information content (AvgIpc) is 2.68. The average molecular weight is 262 g/mol. The molecule has 1 saturated carbocycles. The van der Waals surface area contributed by atoms with Crippen molar-refractivity contribution in [2.75, 3.05) is 17.6 Å².